The van der Waals surface area contributed by atoms with E-state index >= 15 is 0 Å². The second-order valence-electron chi connectivity index (χ2n) is 2.61. The lowest BCUT2D eigenvalue weighted by Crippen LogP contribution is -2.22. The molecule has 1 aromatic heterocycles. The molecule has 0 atom stereocenters. The van der Waals surface area contributed by atoms with Crippen LogP contribution in [0.1, 0.15) is 5.56 Å². The van der Waals surface area contributed by atoms with Gasteiger partial charge in [0.1, 0.15) is 0 Å². The van der Waals surface area contributed by atoms with Crippen LogP contribution in [0.15, 0.2) is 12.4 Å². The molecular formula is C7H7F3N4O. The van der Waals surface area contributed by atoms with Crippen LogP contribution in [-0.2, 0) is 11.0 Å². The molecule has 8 heteroatoms. The maximum atomic E-state index is 12.1. The molecule has 0 fully saturated rings. The quantitative estimate of drug-likeness (QED) is 0.772. The summed E-state index contributed by atoms with van der Waals surface area (Å²) in [5, 5.41) is 2.36. The smallest absolute Gasteiger partial charge is 0.368 e. The summed E-state index contributed by atoms with van der Waals surface area (Å²) in [5.74, 6) is -0.736. The van der Waals surface area contributed by atoms with Crippen LogP contribution in [0, 0.1) is 0 Å². The summed E-state index contributed by atoms with van der Waals surface area (Å²) in [4.78, 5) is 17.1. The molecule has 0 unspecified atom stereocenters. The zero-order chi connectivity index (χ0) is 11.5. The number of nitrogens with one attached hydrogen (secondary N) is 1. The summed E-state index contributed by atoms with van der Waals surface area (Å²) in [7, 11) is 0. The molecule has 0 saturated heterocycles. The average Bonchev–Trinajstić information content (AvgIpc) is 2.14. The predicted octanol–water partition coefficient (Wildman–Crippen LogP) is 0.393. The van der Waals surface area contributed by atoms with Crippen molar-refractivity contribution in [3.05, 3.63) is 18.0 Å². The number of carbonyl (C=O) groups is 1. The lowest BCUT2D eigenvalue weighted by Gasteiger charge is -2.06. The van der Waals surface area contributed by atoms with Crippen LogP contribution in [0.5, 0.6) is 0 Å². The SMILES string of the molecule is NC(=O)CNc1ncc(C(F)(F)F)cn1. The molecule has 0 aromatic carbocycles. The predicted molar refractivity (Wildman–Crippen MR) is 44.7 cm³/mol. The monoisotopic (exact) mass is 220 g/mol. The first-order valence-corrected chi connectivity index (χ1v) is 3.81. The molecule has 0 aliphatic rings. The van der Waals surface area contributed by atoms with Crippen molar-refractivity contribution in [1.29, 1.82) is 0 Å². The van der Waals surface area contributed by atoms with Crippen LogP contribution < -0.4 is 11.1 Å². The van der Waals surface area contributed by atoms with Gasteiger partial charge in [-0.2, -0.15) is 13.2 Å². The van der Waals surface area contributed by atoms with Crippen molar-refractivity contribution in [1.82, 2.24) is 9.97 Å². The molecule has 15 heavy (non-hydrogen) atoms. The van der Waals surface area contributed by atoms with Gasteiger partial charge in [-0.1, -0.05) is 0 Å². The molecule has 1 rings (SSSR count). The van der Waals surface area contributed by atoms with E-state index in [-0.39, 0.29) is 12.5 Å². The van der Waals surface area contributed by atoms with Crippen molar-refractivity contribution >= 4 is 11.9 Å². The lowest BCUT2D eigenvalue weighted by atomic mass is 10.3. The minimum absolute atomic E-state index is 0.0817. The fraction of sp³-hybridized carbons (Fsp3) is 0.286. The Morgan fingerprint density at radius 1 is 1.40 bits per heavy atom. The minimum Gasteiger partial charge on any atom is -0.368 e. The Kier molecular flexibility index (Phi) is 3.08. The van der Waals surface area contributed by atoms with Crippen LogP contribution in [-0.4, -0.2) is 22.4 Å². The van der Waals surface area contributed by atoms with Gasteiger partial charge in [0.25, 0.3) is 0 Å². The number of primary amides is 1. The molecule has 0 aliphatic carbocycles. The summed E-state index contributed by atoms with van der Waals surface area (Å²) in [6, 6.07) is 0. The highest BCUT2D eigenvalue weighted by Gasteiger charge is 2.31. The number of alkyl halides is 3. The van der Waals surface area contributed by atoms with Crippen LogP contribution in [0.4, 0.5) is 19.1 Å². The third-order valence-corrected chi connectivity index (χ3v) is 1.40. The van der Waals surface area contributed by atoms with Gasteiger partial charge >= 0.3 is 6.18 Å². The van der Waals surface area contributed by atoms with Gasteiger partial charge in [0.05, 0.1) is 12.1 Å². The van der Waals surface area contributed by atoms with Crippen LogP contribution in [0.3, 0.4) is 0 Å². The second-order valence-corrected chi connectivity index (χ2v) is 2.61. The molecule has 0 aliphatic heterocycles. The minimum atomic E-state index is -4.47. The summed E-state index contributed by atoms with van der Waals surface area (Å²) in [6.45, 7) is -0.231. The van der Waals surface area contributed by atoms with Gasteiger partial charge in [-0.15, -0.1) is 0 Å². The van der Waals surface area contributed by atoms with Crippen LogP contribution in [0.25, 0.3) is 0 Å². The van der Waals surface area contributed by atoms with Crippen LogP contribution >= 0.6 is 0 Å². The number of anilines is 1. The van der Waals surface area contributed by atoms with Crippen molar-refractivity contribution < 1.29 is 18.0 Å². The number of halogens is 3. The van der Waals surface area contributed by atoms with E-state index < -0.39 is 17.6 Å². The maximum absolute atomic E-state index is 12.1. The number of nitrogens with zero attached hydrogens (tertiary/aromatic N) is 2. The molecule has 0 saturated carbocycles. The van der Waals surface area contributed by atoms with E-state index in [1.165, 1.54) is 0 Å². The Morgan fingerprint density at radius 2 is 1.93 bits per heavy atom. The molecule has 1 aromatic rings. The molecule has 1 heterocycles. The van der Waals surface area contributed by atoms with Gasteiger partial charge in [-0.25, -0.2) is 9.97 Å². The van der Waals surface area contributed by atoms with E-state index in [1.807, 2.05) is 0 Å². The number of hydrogen-bond acceptors (Lipinski definition) is 4. The fourth-order valence-corrected chi connectivity index (χ4v) is 0.732. The summed E-state index contributed by atoms with van der Waals surface area (Å²) >= 11 is 0. The Morgan fingerprint density at radius 3 is 2.33 bits per heavy atom. The van der Waals surface area contributed by atoms with Gasteiger partial charge in [-0.3, -0.25) is 4.79 Å². The van der Waals surface area contributed by atoms with Gasteiger partial charge in [0.2, 0.25) is 11.9 Å². The third kappa shape index (κ3) is 3.41. The van der Waals surface area contributed by atoms with Crippen molar-refractivity contribution in [3.63, 3.8) is 0 Å². The number of hydrogen-bond donors (Lipinski definition) is 2. The molecule has 0 bridgehead atoms. The van der Waals surface area contributed by atoms with Crippen molar-refractivity contribution in [2.45, 2.75) is 6.18 Å². The lowest BCUT2D eigenvalue weighted by molar-refractivity contribution is -0.138. The fourth-order valence-electron chi connectivity index (χ4n) is 0.732. The summed E-state index contributed by atoms with van der Waals surface area (Å²) in [5.41, 5.74) is 3.85. The molecular weight excluding hydrogens is 213 g/mol. The number of amides is 1. The largest absolute Gasteiger partial charge is 0.419 e. The molecule has 1 amide bonds. The molecule has 82 valence electrons. The summed E-state index contributed by atoms with van der Waals surface area (Å²) < 4.78 is 36.2. The molecule has 0 spiro atoms. The van der Waals surface area contributed by atoms with Gasteiger partial charge in [-0.05, 0) is 0 Å². The van der Waals surface area contributed by atoms with E-state index in [4.69, 9.17) is 5.73 Å². The van der Waals surface area contributed by atoms with Gasteiger partial charge in [0, 0.05) is 12.4 Å². The van der Waals surface area contributed by atoms with Crippen molar-refractivity contribution in [2.24, 2.45) is 5.73 Å². The highest BCUT2D eigenvalue weighted by atomic mass is 19.4. The standard InChI is InChI=1S/C7H7F3N4O/c8-7(9,10)4-1-12-6(13-2-4)14-3-5(11)15/h1-2H,3H2,(H2,11,15)(H,12,13,14). The highest BCUT2D eigenvalue weighted by molar-refractivity contribution is 5.78. The Balaban J connectivity index is 2.69. The van der Waals surface area contributed by atoms with Crippen molar-refractivity contribution in [2.75, 3.05) is 11.9 Å². The van der Waals surface area contributed by atoms with E-state index in [1.54, 1.807) is 0 Å². The zero-order valence-electron chi connectivity index (χ0n) is 7.38. The Labute approximate surface area is 82.5 Å². The first-order chi connectivity index (χ1) is 6.89. The van der Waals surface area contributed by atoms with Gasteiger partial charge < -0.3 is 11.1 Å². The van der Waals surface area contributed by atoms with E-state index in [2.05, 4.69) is 15.3 Å². The van der Waals surface area contributed by atoms with Crippen molar-refractivity contribution in [3.8, 4) is 0 Å². The highest BCUT2D eigenvalue weighted by Crippen LogP contribution is 2.27. The van der Waals surface area contributed by atoms with Gasteiger partial charge in [0.15, 0.2) is 0 Å². The van der Waals surface area contributed by atoms with Crippen LogP contribution in [0.2, 0.25) is 0 Å². The number of nitrogens with two attached hydrogens (primary N) is 1. The molecule has 5 nitrogen and oxygen atoms in total. The zero-order valence-corrected chi connectivity index (χ0v) is 7.38. The number of carbonyl (C=O) groups excluding carboxylic acids is 1. The van der Waals surface area contributed by atoms with E-state index in [9.17, 15) is 18.0 Å². The topological polar surface area (TPSA) is 80.9 Å². The third-order valence-electron chi connectivity index (χ3n) is 1.40. The molecule has 3 N–H and O–H groups in total. The maximum Gasteiger partial charge on any atom is 0.419 e. The first-order valence-electron chi connectivity index (χ1n) is 3.81. The number of aromatic nitrogens is 2. The normalized spacial score (nSPS) is 11.1. The molecule has 0 radical (unpaired) electrons. The summed E-state index contributed by atoms with van der Waals surface area (Å²) in [6.07, 6.45) is -3.23. The number of rotatable bonds is 3. The Bertz CT molecular complexity index is 348. The first kappa shape index (κ1) is 11.2. The van der Waals surface area contributed by atoms with E-state index in [0.717, 1.165) is 0 Å². The average molecular weight is 220 g/mol. The second kappa shape index (κ2) is 4.11. The van der Waals surface area contributed by atoms with E-state index in [0.29, 0.717) is 12.4 Å². The Hall–Kier alpha value is -1.86.